The standard InChI is InChI=1S/C15H23N/c1-11-7-8-13(9-12(11)2)10-14-5-3-4-6-15(14)16/h7-9,14-15H,3-6,10,16H2,1-2H3. The van der Waals surface area contributed by atoms with Crippen molar-refractivity contribution in [1.29, 1.82) is 0 Å². The van der Waals surface area contributed by atoms with Crippen LogP contribution in [0, 0.1) is 19.8 Å². The highest BCUT2D eigenvalue weighted by molar-refractivity contribution is 5.30. The summed E-state index contributed by atoms with van der Waals surface area (Å²) in [5.74, 6) is 0.704. The second-order valence-corrected chi connectivity index (χ2v) is 5.33. The highest BCUT2D eigenvalue weighted by atomic mass is 14.7. The molecule has 1 aromatic carbocycles. The van der Waals surface area contributed by atoms with Gasteiger partial charge in [-0.25, -0.2) is 0 Å². The first-order valence-electron chi connectivity index (χ1n) is 6.48. The molecule has 1 fully saturated rings. The van der Waals surface area contributed by atoms with E-state index in [-0.39, 0.29) is 0 Å². The summed E-state index contributed by atoms with van der Waals surface area (Å²) in [5, 5.41) is 0. The van der Waals surface area contributed by atoms with Crippen LogP contribution in [-0.2, 0) is 6.42 Å². The highest BCUT2D eigenvalue weighted by Gasteiger charge is 2.21. The summed E-state index contributed by atoms with van der Waals surface area (Å²) in [6, 6.07) is 7.26. The van der Waals surface area contributed by atoms with Crippen LogP contribution < -0.4 is 5.73 Å². The summed E-state index contributed by atoms with van der Waals surface area (Å²) in [6.45, 7) is 4.37. The Morgan fingerprint density at radius 1 is 1.12 bits per heavy atom. The third kappa shape index (κ3) is 2.65. The molecule has 0 bridgehead atoms. The molecule has 88 valence electrons. The summed E-state index contributed by atoms with van der Waals surface area (Å²) in [6.07, 6.45) is 6.39. The first-order valence-corrected chi connectivity index (χ1v) is 6.48. The van der Waals surface area contributed by atoms with Gasteiger partial charge in [0.15, 0.2) is 0 Å². The van der Waals surface area contributed by atoms with Crippen molar-refractivity contribution < 1.29 is 0 Å². The zero-order valence-electron chi connectivity index (χ0n) is 10.5. The van der Waals surface area contributed by atoms with Crippen molar-refractivity contribution in [3.05, 3.63) is 34.9 Å². The van der Waals surface area contributed by atoms with Crippen LogP contribution in [0.5, 0.6) is 0 Å². The van der Waals surface area contributed by atoms with Crippen molar-refractivity contribution in [1.82, 2.24) is 0 Å². The first-order chi connectivity index (χ1) is 7.66. The Labute approximate surface area is 99.0 Å². The molecule has 0 radical (unpaired) electrons. The van der Waals surface area contributed by atoms with Gasteiger partial charge in [-0.1, -0.05) is 31.0 Å². The lowest BCUT2D eigenvalue weighted by atomic mass is 9.81. The fourth-order valence-corrected chi connectivity index (χ4v) is 2.72. The SMILES string of the molecule is Cc1ccc(CC2CCCCC2N)cc1C. The lowest BCUT2D eigenvalue weighted by Crippen LogP contribution is -2.34. The molecule has 0 saturated heterocycles. The van der Waals surface area contributed by atoms with Crippen LogP contribution in [0.15, 0.2) is 18.2 Å². The van der Waals surface area contributed by atoms with E-state index in [1.54, 1.807) is 0 Å². The van der Waals surface area contributed by atoms with E-state index in [4.69, 9.17) is 5.73 Å². The van der Waals surface area contributed by atoms with Crippen molar-refractivity contribution in [3.63, 3.8) is 0 Å². The van der Waals surface area contributed by atoms with Gasteiger partial charge in [0.1, 0.15) is 0 Å². The van der Waals surface area contributed by atoms with Crippen LogP contribution in [0.4, 0.5) is 0 Å². The zero-order chi connectivity index (χ0) is 11.5. The van der Waals surface area contributed by atoms with Gasteiger partial charge in [0.2, 0.25) is 0 Å². The van der Waals surface area contributed by atoms with Gasteiger partial charge in [0, 0.05) is 6.04 Å². The van der Waals surface area contributed by atoms with Crippen molar-refractivity contribution in [2.24, 2.45) is 11.7 Å². The van der Waals surface area contributed by atoms with Crippen LogP contribution in [0.25, 0.3) is 0 Å². The Morgan fingerprint density at radius 3 is 2.56 bits per heavy atom. The molecule has 1 nitrogen and oxygen atoms in total. The van der Waals surface area contributed by atoms with Crippen LogP contribution in [-0.4, -0.2) is 6.04 Å². The molecule has 0 aliphatic heterocycles. The van der Waals surface area contributed by atoms with E-state index in [2.05, 4.69) is 32.0 Å². The van der Waals surface area contributed by atoms with E-state index in [1.807, 2.05) is 0 Å². The summed E-state index contributed by atoms with van der Waals surface area (Å²) < 4.78 is 0. The summed E-state index contributed by atoms with van der Waals surface area (Å²) in [7, 11) is 0. The van der Waals surface area contributed by atoms with E-state index in [1.165, 1.54) is 48.8 Å². The fourth-order valence-electron chi connectivity index (χ4n) is 2.72. The second kappa shape index (κ2) is 5.01. The third-order valence-electron chi connectivity index (χ3n) is 4.04. The molecular formula is C15H23N. The Kier molecular flexibility index (Phi) is 3.65. The van der Waals surface area contributed by atoms with Gasteiger partial charge in [0.25, 0.3) is 0 Å². The van der Waals surface area contributed by atoms with Gasteiger partial charge >= 0.3 is 0 Å². The monoisotopic (exact) mass is 217 g/mol. The molecule has 2 N–H and O–H groups in total. The minimum absolute atomic E-state index is 0.426. The minimum Gasteiger partial charge on any atom is -0.327 e. The average molecular weight is 217 g/mol. The molecular weight excluding hydrogens is 194 g/mol. The van der Waals surface area contributed by atoms with Gasteiger partial charge < -0.3 is 5.73 Å². The molecule has 1 aliphatic carbocycles. The molecule has 0 amide bonds. The van der Waals surface area contributed by atoms with E-state index in [0.29, 0.717) is 12.0 Å². The first kappa shape index (κ1) is 11.7. The van der Waals surface area contributed by atoms with Gasteiger partial charge in [-0.2, -0.15) is 0 Å². The normalized spacial score (nSPS) is 25.7. The van der Waals surface area contributed by atoms with Gasteiger partial charge in [-0.05, 0) is 55.7 Å². The topological polar surface area (TPSA) is 26.0 Å². The third-order valence-corrected chi connectivity index (χ3v) is 4.04. The molecule has 0 heterocycles. The Hall–Kier alpha value is -0.820. The Morgan fingerprint density at radius 2 is 1.88 bits per heavy atom. The number of hydrogen-bond acceptors (Lipinski definition) is 1. The van der Waals surface area contributed by atoms with E-state index < -0.39 is 0 Å². The largest absolute Gasteiger partial charge is 0.327 e. The van der Waals surface area contributed by atoms with Gasteiger partial charge in [0.05, 0.1) is 0 Å². The van der Waals surface area contributed by atoms with Crippen molar-refractivity contribution >= 4 is 0 Å². The molecule has 0 spiro atoms. The van der Waals surface area contributed by atoms with Crippen molar-refractivity contribution in [3.8, 4) is 0 Å². The fraction of sp³-hybridized carbons (Fsp3) is 0.600. The average Bonchev–Trinajstić information content (AvgIpc) is 2.27. The van der Waals surface area contributed by atoms with Crippen LogP contribution in [0.2, 0.25) is 0 Å². The highest BCUT2D eigenvalue weighted by Crippen LogP contribution is 2.26. The Bertz CT molecular complexity index is 356. The lowest BCUT2D eigenvalue weighted by Gasteiger charge is -2.28. The van der Waals surface area contributed by atoms with E-state index >= 15 is 0 Å². The Balaban J connectivity index is 2.05. The molecule has 1 saturated carbocycles. The minimum atomic E-state index is 0.426. The maximum absolute atomic E-state index is 6.19. The quantitative estimate of drug-likeness (QED) is 0.807. The molecule has 1 aromatic rings. The predicted molar refractivity (Wildman–Crippen MR) is 69.6 cm³/mol. The molecule has 0 aromatic heterocycles. The van der Waals surface area contributed by atoms with Crippen LogP contribution >= 0.6 is 0 Å². The predicted octanol–water partition coefficient (Wildman–Crippen LogP) is 3.36. The number of hydrogen-bond donors (Lipinski definition) is 1. The molecule has 16 heavy (non-hydrogen) atoms. The smallest absolute Gasteiger partial charge is 0.00703 e. The van der Waals surface area contributed by atoms with Crippen LogP contribution in [0.1, 0.15) is 42.4 Å². The number of rotatable bonds is 2. The molecule has 2 unspecified atom stereocenters. The number of nitrogens with two attached hydrogens (primary N) is 1. The molecule has 2 rings (SSSR count). The van der Waals surface area contributed by atoms with Crippen LogP contribution in [0.3, 0.4) is 0 Å². The zero-order valence-corrected chi connectivity index (χ0v) is 10.5. The number of aryl methyl sites for hydroxylation is 2. The van der Waals surface area contributed by atoms with E-state index in [9.17, 15) is 0 Å². The molecule has 1 heteroatoms. The summed E-state index contributed by atoms with van der Waals surface area (Å²) in [5.41, 5.74) is 10.4. The summed E-state index contributed by atoms with van der Waals surface area (Å²) in [4.78, 5) is 0. The molecule has 1 aliphatic rings. The lowest BCUT2D eigenvalue weighted by molar-refractivity contribution is 0.306. The van der Waals surface area contributed by atoms with Crippen molar-refractivity contribution in [2.45, 2.75) is 52.0 Å². The van der Waals surface area contributed by atoms with E-state index in [0.717, 1.165) is 0 Å². The van der Waals surface area contributed by atoms with Gasteiger partial charge in [-0.3, -0.25) is 0 Å². The maximum Gasteiger partial charge on any atom is 0.00703 e. The van der Waals surface area contributed by atoms with Gasteiger partial charge in [-0.15, -0.1) is 0 Å². The number of benzene rings is 1. The maximum atomic E-state index is 6.19. The molecule has 2 atom stereocenters. The van der Waals surface area contributed by atoms with Crippen molar-refractivity contribution in [2.75, 3.05) is 0 Å². The second-order valence-electron chi connectivity index (χ2n) is 5.33. The summed E-state index contributed by atoms with van der Waals surface area (Å²) >= 11 is 0.